The van der Waals surface area contributed by atoms with Gasteiger partial charge in [0, 0.05) is 6.42 Å². The summed E-state index contributed by atoms with van der Waals surface area (Å²) in [6.45, 7) is 4.66. The van der Waals surface area contributed by atoms with Gasteiger partial charge in [-0.2, -0.15) is 0 Å². The van der Waals surface area contributed by atoms with E-state index in [1.54, 1.807) is 0 Å². The number of para-hydroxylation sites is 2. The van der Waals surface area contributed by atoms with Gasteiger partial charge in [0.25, 0.3) is 0 Å². The van der Waals surface area contributed by atoms with E-state index in [0.717, 1.165) is 31.7 Å². The van der Waals surface area contributed by atoms with Crippen molar-refractivity contribution in [2.75, 3.05) is 25.0 Å². The van der Waals surface area contributed by atoms with Crippen LogP contribution >= 0.6 is 0 Å². The van der Waals surface area contributed by atoms with Gasteiger partial charge in [-0.3, -0.25) is 4.79 Å². The second-order valence-electron chi connectivity index (χ2n) is 6.45. The molecule has 0 radical (unpaired) electrons. The van der Waals surface area contributed by atoms with Gasteiger partial charge in [-0.25, -0.2) is 0 Å². The summed E-state index contributed by atoms with van der Waals surface area (Å²) >= 11 is 0. The van der Waals surface area contributed by atoms with Gasteiger partial charge in [-0.05, 0) is 75.2 Å². The molecule has 138 valence electrons. The van der Waals surface area contributed by atoms with E-state index in [1.165, 1.54) is 0 Å². The largest absolute Gasteiger partial charge is 0.494 e. The highest BCUT2D eigenvalue weighted by molar-refractivity contribution is 5.92. The van der Waals surface area contributed by atoms with Crippen LogP contribution in [0.3, 0.4) is 0 Å². The van der Waals surface area contributed by atoms with Crippen LogP contribution in [-0.2, 0) is 4.79 Å². The maximum absolute atomic E-state index is 12.3. The molecule has 1 atom stereocenters. The molecular formula is C21H26N2O3. The van der Waals surface area contributed by atoms with E-state index in [0.29, 0.717) is 36.1 Å². The van der Waals surface area contributed by atoms with Gasteiger partial charge in [0.1, 0.15) is 11.5 Å². The number of benzene rings is 2. The third-order valence-corrected chi connectivity index (χ3v) is 4.47. The van der Waals surface area contributed by atoms with Crippen LogP contribution in [-0.4, -0.2) is 25.6 Å². The summed E-state index contributed by atoms with van der Waals surface area (Å²) in [7, 11) is 0. The van der Waals surface area contributed by atoms with E-state index in [4.69, 9.17) is 9.47 Å². The molecule has 0 aliphatic carbocycles. The van der Waals surface area contributed by atoms with Gasteiger partial charge >= 0.3 is 0 Å². The first-order valence-corrected chi connectivity index (χ1v) is 9.25. The van der Waals surface area contributed by atoms with Crippen molar-refractivity contribution in [2.24, 2.45) is 5.92 Å². The third-order valence-electron chi connectivity index (χ3n) is 4.47. The topological polar surface area (TPSA) is 59.6 Å². The molecule has 5 nitrogen and oxygen atoms in total. The number of hydrogen-bond donors (Lipinski definition) is 2. The normalized spacial score (nSPS) is 16.3. The van der Waals surface area contributed by atoms with Gasteiger partial charge in [0.15, 0.2) is 5.75 Å². The van der Waals surface area contributed by atoms with Crippen LogP contribution in [0.2, 0.25) is 0 Å². The highest BCUT2D eigenvalue weighted by Crippen LogP contribution is 2.30. The minimum Gasteiger partial charge on any atom is -0.494 e. The lowest BCUT2D eigenvalue weighted by Gasteiger charge is -2.13. The molecule has 1 fully saturated rings. The van der Waals surface area contributed by atoms with Crippen molar-refractivity contribution in [3.05, 3.63) is 48.5 Å². The highest BCUT2D eigenvalue weighted by Gasteiger charge is 2.16. The quantitative estimate of drug-likeness (QED) is 0.746. The lowest BCUT2D eigenvalue weighted by atomic mass is 10.0. The van der Waals surface area contributed by atoms with Crippen LogP contribution in [0.4, 0.5) is 5.69 Å². The lowest BCUT2D eigenvalue weighted by Crippen LogP contribution is -2.15. The summed E-state index contributed by atoms with van der Waals surface area (Å²) in [6.07, 6.45) is 2.61. The molecule has 1 aliphatic rings. The zero-order chi connectivity index (χ0) is 18.2. The van der Waals surface area contributed by atoms with Crippen LogP contribution < -0.4 is 20.1 Å². The number of nitrogens with one attached hydrogen (secondary N) is 2. The third kappa shape index (κ3) is 5.23. The molecule has 1 amide bonds. The summed E-state index contributed by atoms with van der Waals surface area (Å²) in [6, 6.07) is 15.0. The van der Waals surface area contributed by atoms with Crippen LogP contribution in [0, 0.1) is 5.92 Å². The average Bonchev–Trinajstić information content (AvgIpc) is 3.17. The number of hydrogen-bond acceptors (Lipinski definition) is 4. The zero-order valence-corrected chi connectivity index (χ0v) is 15.2. The molecule has 2 aromatic rings. The number of rotatable bonds is 8. The Morgan fingerprint density at radius 1 is 1.15 bits per heavy atom. The fourth-order valence-corrected chi connectivity index (χ4v) is 3.07. The van der Waals surface area contributed by atoms with Crippen molar-refractivity contribution in [1.82, 2.24) is 5.32 Å². The maximum Gasteiger partial charge on any atom is 0.224 e. The van der Waals surface area contributed by atoms with Gasteiger partial charge in [-0.1, -0.05) is 12.1 Å². The van der Waals surface area contributed by atoms with Crippen LogP contribution in [0.25, 0.3) is 0 Å². The predicted molar refractivity (Wildman–Crippen MR) is 103 cm³/mol. The molecule has 0 spiro atoms. The summed E-state index contributed by atoms with van der Waals surface area (Å²) in [5.41, 5.74) is 0.691. The molecule has 5 heteroatoms. The molecule has 2 aromatic carbocycles. The number of ether oxygens (including phenoxy) is 2. The van der Waals surface area contributed by atoms with E-state index in [2.05, 4.69) is 10.6 Å². The van der Waals surface area contributed by atoms with E-state index in [-0.39, 0.29) is 5.91 Å². The predicted octanol–water partition coefficient (Wildman–Crippen LogP) is 4.21. The average molecular weight is 354 g/mol. The lowest BCUT2D eigenvalue weighted by molar-refractivity contribution is -0.116. The number of carbonyl (C=O) groups excluding carboxylic acids is 1. The van der Waals surface area contributed by atoms with E-state index >= 15 is 0 Å². The van der Waals surface area contributed by atoms with E-state index < -0.39 is 0 Å². The second kappa shape index (κ2) is 9.25. The zero-order valence-electron chi connectivity index (χ0n) is 15.2. The van der Waals surface area contributed by atoms with Crippen molar-refractivity contribution in [3.8, 4) is 17.2 Å². The molecule has 1 saturated heterocycles. The van der Waals surface area contributed by atoms with Gasteiger partial charge in [-0.15, -0.1) is 0 Å². The fraction of sp³-hybridized carbons (Fsp3) is 0.381. The monoisotopic (exact) mass is 354 g/mol. The van der Waals surface area contributed by atoms with Crippen LogP contribution in [0.15, 0.2) is 48.5 Å². The molecule has 1 unspecified atom stereocenters. The Hall–Kier alpha value is -2.53. The Kier molecular flexibility index (Phi) is 6.50. The van der Waals surface area contributed by atoms with E-state index in [9.17, 15) is 4.79 Å². The Morgan fingerprint density at radius 2 is 1.92 bits per heavy atom. The van der Waals surface area contributed by atoms with Crippen LogP contribution in [0.1, 0.15) is 26.2 Å². The van der Waals surface area contributed by atoms with E-state index in [1.807, 2.05) is 55.5 Å². The van der Waals surface area contributed by atoms with Gasteiger partial charge in [0.05, 0.1) is 12.3 Å². The van der Waals surface area contributed by atoms with Gasteiger partial charge < -0.3 is 20.1 Å². The molecule has 0 saturated carbocycles. The Balaban J connectivity index is 1.59. The Bertz CT molecular complexity index is 709. The minimum atomic E-state index is 0.0274. The smallest absolute Gasteiger partial charge is 0.224 e. The summed E-state index contributed by atoms with van der Waals surface area (Å²) in [5.74, 6) is 2.78. The minimum absolute atomic E-state index is 0.0274. The van der Waals surface area contributed by atoms with Crippen molar-refractivity contribution in [3.63, 3.8) is 0 Å². The molecular weight excluding hydrogens is 328 g/mol. The molecule has 1 aliphatic heterocycles. The summed E-state index contributed by atoms with van der Waals surface area (Å²) < 4.78 is 11.4. The Morgan fingerprint density at radius 3 is 2.65 bits per heavy atom. The van der Waals surface area contributed by atoms with Crippen molar-refractivity contribution in [1.29, 1.82) is 0 Å². The molecule has 0 bridgehead atoms. The van der Waals surface area contributed by atoms with Crippen molar-refractivity contribution in [2.45, 2.75) is 26.2 Å². The SMILES string of the molecule is CCOc1ccc(Oc2ccccc2NC(=O)CCC2CCNC2)cc1. The second-order valence-corrected chi connectivity index (χ2v) is 6.45. The number of carbonyl (C=O) groups is 1. The molecule has 0 aromatic heterocycles. The summed E-state index contributed by atoms with van der Waals surface area (Å²) in [4.78, 5) is 12.3. The standard InChI is InChI=1S/C21H26N2O3/c1-2-25-17-8-10-18(11-9-17)26-20-6-4-3-5-19(20)23-21(24)12-7-16-13-14-22-15-16/h3-6,8-11,16,22H,2,7,12-15H2,1H3,(H,23,24). The first kappa shape index (κ1) is 18.3. The number of anilines is 1. The Labute approximate surface area is 154 Å². The van der Waals surface area contributed by atoms with Gasteiger partial charge in [0.2, 0.25) is 5.91 Å². The number of amides is 1. The van der Waals surface area contributed by atoms with Crippen molar-refractivity contribution < 1.29 is 14.3 Å². The highest BCUT2D eigenvalue weighted by atomic mass is 16.5. The maximum atomic E-state index is 12.3. The first-order valence-electron chi connectivity index (χ1n) is 9.25. The molecule has 1 heterocycles. The first-order chi connectivity index (χ1) is 12.7. The fourth-order valence-electron chi connectivity index (χ4n) is 3.07. The molecule has 2 N–H and O–H groups in total. The molecule has 26 heavy (non-hydrogen) atoms. The van der Waals surface area contributed by atoms with Crippen molar-refractivity contribution >= 4 is 11.6 Å². The van der Waals surface area contributed by atoms with Crippen LogP contribution in [0.5, 0.6) is 17.2 Å². The molecule has 3 rings (SSSR count). The summed E-state index contributed by atoms with van der Waals surface area (Å²) in [5, 5.41) is 6.31.